The summed E-state index contributed by atoms with van der Waals surface area (Å²) in [5, 5.41) is 8.82. The van der Waals surface area contributed by atoms with E-state index in [0.717, 1.165) is 0 Å². The Morgan fingerprint density at radius 3 is 2.53 bits per heavy atom. The lowest BCUT2D eigenvalue weighted by Gasteiger charge is -2.11. The highest BCUT2D eigenvalue weighted by atomic mass is 16.4. The zero-order valence-corrected chi connectivity index (χ0v) is 7.66. The Morgan fingerprint density at radius 1 is 1.47 bits per heavy atom. The van der Waals surface area contributed by atoms with E-state index in [4.69, 9.17) is 10.8 Å². The second kappa shape index (κ2) is 4.36. The van der Waals surface area contributed by atoms with Crippen LogP contribution in [-0.4, -0.2) is 32.3 Å². The number of amides is 1. The van der Waals surface area contributed by atoms with Crippen LogP contribution in [0.5, 0.6) is 0 Å². The maximum absolute atomic E-state index is 11.0. The molecule has 1 heterocycles. The third-order valence-electron chi connectivity index (χ3n) is 1.82. The Labute approximate surface area is 84.5 Å². The molecule has 0 spiro atoms. The summed E-state index contributed by atoms with van der Waals surface area (Å²) in [5.41, 5.74) is 4.73. The molecule has 7 nitrogen and oxygen atoms in total. The molecule has 80 valence electrons. The summed E-state index contributed by atoms with van der Waals surface area (Å²) in [6, 6.07) is -1.15. The summed E-state index contributed by atoms with van der Waals surface area (Å²) >= 11 is 0. The van der Waals surface area contributed by atoms with E-state index < -0.39 is 30.1 Å². The first kappa shape index (κ1) is 10.9. The SMILES string of the molecule is NC(=O)C(=O)CC(C(=O)O)n1ccnc1. The van der Waals surface area contributed by atoms with Crippen molar-refractivity contribution in [1.29, 1.82) is 0 Å². The lowest BCUT2D eigenvalue weighted by atomic mass is 10.1. The zero-order valence-electron chi connectivity index (χ0n) is 7.66. The minimum atomic E-state index is -1.22. The highest BCUT2D eigenvalue weighted by Crippen LogP contribution is 2.11. The van der Waals surface area contributed by atoms with Gasteiger partial charge in [0, 0.05) is 18.8 Å². The van der Waals surface area contributed by atoms with Crippen LogP contribution in [0, 0.1) is 0 Å². The number of aromatic nitrogens is 2. The van der Waals surface area contributed by atoms with Crippen molar-refractivity contribution in [2.75, 3.05) is 0 Å². The summed E-state index contributed by atoms with van der Waals surface area (Å²) in [6.45, 7) is 0. The Bertz CT molecular complexity index is 385. The van der Waals surface area contributed by atoms with E-state index in [0.29, 0.717) is 0 Å². The number of nitrogens with zero attached hydrogens (tertiary/aromatic N) is 2. The van der Waals surface area contributed by atoms with Gasteiger partial charge < -0.3 is 15.4 Å². The Morgan fingerprint density at radius 2 is 2.13 bits per heavy atom. The van der Waals surface area contributed by atoms with Crippen molar-refractivity contribution in [1.82, 2.24) is 9.55 Å². The first-order valence-corrected chi connectivity index (χ1v) is 4.05. The number of imidazole rings is 1. The standard InChI is InChI=1S/C8H9N3O4/c9-7(13)6(12)3-5(8(14)15)11-2-1-10-4-11/h1-2,4-5H,3H2,(H2,9,13)(H,14,15). The maximum atomic E-state index is 11.0. The van der Waals surface area contributed by atoms with Gasteiger partial charge in [-0.3, -0.25) is 9.59 Å². The number of Topliss-reactive ketones (excluding diaryl/α,β-unsaturated/α-hetero) is 1. The third-order valence-corrected chi connectivity index (χ3v) is 1.82. The van der Waals surface area contributed by atoms with Crippen LogP contribution in [0.2, 0.25) is 0 Å². The van der Waals surface area contributed by atoms with Gasteiger partial charge in [-0.05, 0) is 0 Å². The molecule has 0 aliphatic heterocycles. The van der Waals surface area contributed by atoms with Gasteiger partial charge in [0.05, 0.1) is 6.33 Å². The lowest BCUT2D eigenvalue weighted by molar-refractivity contribution is -0.144. The highest BCUT2D eigenvalue weighted by Gasteiger charge is 2.24. The quantitative estimate of drug-likeness (QED) is 0.603. The molecule has 0 aliphatic rings. The number of hydrogen-bond donors (Lipinski definition) is 2. The van der Waals surface area contributed by atoms with Crippen molar-refractivity contribution in [2.45, 2.75) is 12.5 Å². The number of carbonyl (C=O) groups excluding carboxylic acids is 2. The molecule has 3 N–H and O–H groups in total. The molecule has 7 heteroatoms. The predicted octanol–water partition coefficient (Wildman–Crippen LogP) is -1.05. The Hall–Kier alpha value is -2.18. The molecule has 1 atom stereocenters. The van der Waals surface area contributed by atoms with Crippen molar-refractivity contribution in [3.8, 4) is 0 Å². The molecule has 0 radical (unpaired) electrons. The predicted molar refractivity (Wildman–Crippen MR) is 47.7 cm³/mol. The van der Waals surface area contributed by atoms with Crippen molar-refractivity contribution >= 4 is 17.7 Å². The molecule has 0 fully saturated rings. The molecule has 0 aliphatic carbocycles. The number of carbonyl (C=O) groups is 3. The van der Waals surface area contributed by atoms with Crippen LogP contribution in [-0.2, 0) is 14.4 Å². The summed E-state index contributed by atoms with van der Waals surface area (Å²) in [7, 11) is 0. The second-order valence-corrected chi connectivity index (χ2v) is 2.86. The first-order chi connectivity index (χ1) is 7.02. The number of hydrogen-bond acceptors (Lipinski definition) is 4. The van der Waals surface area contributed by atoms with Gasteiger partial charge in [-0.25, -0.2) is 9.78 Å². The maximum Gasteiger partial charge on any atom is 0.327 e. The second-order valence-electron chi connectivity index (χ2n) is 2.86. The van der Waals surface area contributed by atoms with Gasteiger partial charge >= 0.3 is 5.97 Å². The average Bonchev–Trinajstić information content (AvgIpc) is 2.65. The van der Waals surface area contributed by atoms with Gasteiger partial charge in [0.1, 0.15) is 6.04 Å². The van der Waals surface area contributed by atoms with E-state index in [1.807, 2.05) is 0 Å². The van der Waals surface area contributed by atoms with E-state index in [9.17, 15) is 14.4 Å². The van der Waals surface area contributed by atoms with E-state index >= 15 is 0 Å². The number of primary amides is 1. The van der Waals surface area contributed by atoms with Crippen LogP contribution >= 0.6 is 0 Å². The number of rotatable bonds is 5. The number of ketones is 1. The van der Waals surface area contributed by atoms with Crippen LogP contribution in [0.3, 0.4) is 0 Å². The fourth-order valence-electron chi connectivity index (χ4n) is 1.05. The largest absolute Gasteiger partial charge is 0.480 e. The fourth-order valence-corrected chi connectivity index (χ4v) is 1.05. The molecule has 15 heavy (non-hydrogen) atoms. The molecule has 1 rings (SSSR count). The smallest absolute Gasteiger partial charge is 0.327 e. The zero-order chi connectivity index (χ0) is 11.4. The van der Waals surface area contributed by atoms with Crippen LogP contribution in [0.15, 0.2) is 18.7 Å². The lowest BCUT2D eigenvalue weighted by Crippen LogP contribution is -2.29. The monoisotopic (exact) mass is 211 g/mol. The first-order valence-electron chi connectivity index (χ1n) is 4.05. The van der Waals surface area contributed by atoms with Gasteiger partial charge in [-0.15, -0.1) is 0 Å². The molecular formula is C8H9N3O4. The third kappa shape index (κ3) is 2.63. The average molecular weight is 211 g/mol. The molecule has 0 saturated heterocycles. The van der Waals surface area contributed by atoms with E-state index in [1.54, 1.807) is 0 Å². The molecule has 1 aromatic heterocycles. The summed E-state index contributed by atoms with van der Waals surface area (Å²) < 4.78 is 1.23. The van der Waals surface area contributed by atoms with Gasteiger partial charge in [-0.1, -0.05) is 0 Å². The number of carboxylic acids is 1. The van der Waals surface area contributed by atoms with Crippen molar-refractivity contribution < 1.29 is 19.5 Å². The normalized spacial score (nSPS) is 12.0. The van der Waals surface area contributed by atoms with Crippen molar-refractivity contribution in [3.63, 3.8) is 0 Å². The van der Waals surface area contributed by atoms with E-state index in [1.165, 1.54) is 23.3 Å². The number of nitrogens with two attached hydrogens (primary N) is 1. The Kier molecular flexibility index (Phi) is 3.17. The molecule has 0 bridgehead atoms. The molecule has 0 aromatic carbocycles. The topological polar surface area (TPSA) is 115 Å². The number of carboxylic acid groups (broad SMARTS) is 1. The van der Waals surface area contributed by atoms with E-state index in [-0.39, 0.29) is 0 Å². The van der Waals surface area contributed by atoms with Gasteiger partial charge in [0.2, 0.25) is 5.78 Å². The van der Waals surface area contributed by atoms with Crippen molar-refractivity contribution in [2.24, 2.45) is 5.73 Å². The van der Waals surface area contributed by atoms with Crippen LogP contribution in [0.25, 0.3) is 0 Å². The minimum absolute atomic E-state index is 0.471. The van der Waals surface area contributed by atoms with Gasteiger partial charge in [0.15, 0.2) is 0 Å². The Balaban J connectivity index is 2.81. The molecule has 1 aromatic rings. The number of aliphatic carboxylic acids is 1. The molecule has 1 amide bonds. The summed E-state index contributed by atoms with van der Waals surface area (Å²) in [4.78, 5) is 35.9. The van der Waals surface area contributed by atoms with Crippen molar-refractivity contribution in [3.05, 3.63) is 18.7 Å². The molecule has 1 unspecified atom stereocenters. The molecular weight excluding hydrogens is 202 g/mol. The van der Waals surface area contributed by atoms with Gasteiger partial charge in [-0.2, -0.15) is 0 Å². The highest BCUT2D eigenvalue weighted by molar-refractivity contribution is 6.35. The fraction of sp³-hybridized carbons (Fsp3) is 0.250. The summed E-state index contributed by atoms with van der Waals surface area (Å²) in [6.07, 6.45) is 3.56. The van der Waals surface area contributed by atoms with Crippen LogP contribution < -0.4 is 5.73 Å². The van der Waals surface area contributed by atoms with E-state index in [2.05, 4.69) is 4.98 Å². The van der Waals surface area contributed by atoms with Gasteiger partial charge in [0.25, 0.3) is 5.91 Å². The van der Waals surface area contributed by atoms with Crippen LogP contribution in [0.4, 0.5) is 0 Å². The summed E-state index contributed by atoms with van der Waals surface area (Å²) in [5.74, 6) is -3.28. The van der Waals surface area contributed by atoms with Crippen LogP contribution in [0.1, 0.15) is 12.5 Å². The molecule has 0 saturated carbocycles. The minimum Gasteiger partial charge on any atom is -0.480 e.